The number of carbonyl (C=O) groups is 1. The highest BCUT2D eigenvalue weighted by Crippen LogP contribution is 2.19. The van der Waals surface area contributed by atoms with Gasteiger partial charge >= 0.3 is 6.16 Å². The van der Waals surface area contributed by atoms with E-state index < -0.39 is 12.3 Å². The lowest BCUT2D eigenvalue weighted by molar-refractivity contribution is 0.0523. The minimum atomic E-state index is -0.708. The predicted molar refractivity (Wildman–Crippen MR) is 57.6 cm³/mol. The first-order valence-corrected chi connectivity index (χ1v) is 4.61. The maximum absolute atomic E-state index is 10.9. The molecule has 0 heterocycles. The van der Waals surface area contributed by atoms with Crippen LogP contribution < -0.4 is 0 Å². The highest BCUT2D eigenvalue weighted by molar-refractivity contribution is 5.60. The van der Waals surface area contributed by atoms with Gasteiger partial charge < -0.3 is 9.47 Å². The van der Waals surface area contributed by atoms with Gasteiger partial charge in [-0.2, -0.15) is 0 Å². The van der Waals surface area contributed by atoms with Gasteiger partial charge in [0.25, 0.3) is 0 Å². The number of benzene rings is 1. The molecule has 0 bridgehead atoms. The van der Waals surface area contributed by atoms with Crippen molar-refractivity contribution in [3.63, 3.8) is 0 Å². The number of rotatable bonds is 3. The van der Waals surface area contributed by atoms with Gasteiger partial charge in [-0.25, -0.2) is 4.79 Å². The molecule has 0 spiro atoms. The Labute approximate surface area is 89.3 Å². The quantitative estimate of drug-likeness (QED) is 0.563. The van der Waals surface area contributed by atoms with Crippen molar-refractivity contribution in [2.45, 2.75) is 13.0 Å². The molecular weight excluding hydrogens is 192 g/mol. The van der Waals surface area contributed by atoms with Crippen LogP contribution in [0.3, 0.4) is 0 Å². The van der Waals surface area contributed by atoms with Crippen LogP contribution in [0.1, 0.15) is 17.2 Å². The lowest BCUT2D eigenvalue weighted by Crippen LogP contribution is -2.09. The van der Waals surface area contributed by atoms with Gasteiger partial charge in [-0.3, -0.25) is 0 Å². The van der Waals surface area contributed by atoms with Crippen LogP contribution >= 0.6 is 0 Å². The van der Waals surface area contributed by atoms with Gasteiger partial charge in [0, 0.05) is 0 Å². The summed E-state index contributed by atoms with van der Waals surface area (Å²) in [6, 6.07) is 7.69. The smallest absolute Gasteiger partial charge is 0.438 e. The third-order valence-electron chi connectivity index (χ3n) is 2.01. The second kappa shape index (κ2) is 5.20. The summed E-state index contributed by atoms with van der Waals surface area (Å²) in [6.07, 6.45) is 0.389. The normalized spacial score (nSPS) is 11.6. The molecule has 15 heavy (non-hydrogen) atoms. The van der Waals surface area contributed by atoms with E-state index in [2.05, 4.69) is 11.3 Å². The Morgan fingerprint density at radius 2 is 2.00 bits per heavy atom. The van der Waals surface area contributed by atoms with Crippen LogP contribution in [0.2, 0.25) is 0 Å². The molecule has 0 aliphatic carbocycles. The molecule has 1 aromatic carbocycles. The van der Waals surface area contributed by atoms with Gasteiger partial charge in [-0.15, -0.1) is 0 Å². The molecule has 0 saturated carbocycles. The lowest BCUT2D eigenvalue weighted by Gasteiger charge is -2.13. The summed E-state index contributed by atoms with van der Waals surface area (Å²) in [6.45, 7) is 5.61. The van der Waals surface area contributed by atoms with Crippen molar-refractivity contribution in [3.8, 4) is 0 Å². The van der Waals surface area contributed by atoms with Crippen LogP contribution in [0.5, 0.6) is 0 Å². The molecule has 3 heteroatoms. The average Bonchev–Trinajstić information content (AvgIpc) is 2.27. The van der Waals surface area contributed by atoms with E-state index >= 15 is 0 Å². The van der Waals surface area contributed by atoms with Gasteiger partial charge in [-0.1, -0.05) is 36.4 Å². The largest absolute Gasteiger partial charge is 0.508 e. The van der Waals surface area contributed by atoms with Crippen molar-refractivity contribution in [1.29, 1.82) is 0 Å². The first kappa shape index (κ1) is 11.3. The fourth-order valence-corrected chi connectivity index (χ4v) is 1.16. The molecular formula is C12H14O3. The van der Waals surface area contributed by atoms with E-state index in [9.17, 15) is 4.79 Å². The van der Waals surface area contributed by atoms with Crippen molar-refractivity contribution in [2.24, 2.45) is 0 Å². The monoisotopic (exact) mass is 206 g/mol. The van der Waals surface area contributed by atoms with Gasteiger partial charge in [-0.05, 0) is 18.6 Å². The summed E-state index contributed by atoms with van der Waals surface area (Å²) in [5.41, 5.74) is 2.03. The molecule has 3 nitrogen and oxygen atoms in total. The standard InChI is InChI=1S/C12H14O3/c1-4-11(15-12(13)14-3)10-7-5-9(2)6-8-10/h4-8,11H,1H2,2-3H3/t11-/m1/s1. The zero-order valence-electron chi connectivity index (χ0n) is 8.90. The van der Waals surface area contributed by atoms with Crippen LogP contribution in [0.15, 0.2) is 36.9 Å². The van der Waals surface area contributed by atoms with Crippen molar-refractivity contribution in [3.05, 3.63) is 48.0 Å². The summed E-state index contributed by atoms with van der Waals surface area (Å²) < 4.78 is 9.41. The topological polar surface area (TPSA) is 35.5 Å². The number of hydrogen-bond acceptors (Lipinski definition) is 3. The Morgan fingerprint density at radius 1 is 1.40 bits per heavy atom. The van der Waals surface area contributed by atoms with E-state index in [1.807, 2.05) is 31.2 Å². The highest BCUT2D eigenvalue weighted by atomic mass is 16.7. The number of methoxy groups -OCH3 is 1. The maximum atomic E-state index is 10.9. The lowest BCUT2D eigenvalue weighted by atomic mass is 10.1. The van der Waals surface area contributed by atoms with Crippen LogP contribution in [-0.4, -0.2) is 13.3 Å². The summed E-state index contributed by atoms with van der Waals surface area (Å²) in [5.74, 6) is 0. The van der Waals surface area contributed by atoms with Crippen molar-refractivity contribution in [1.82, 2.24) is 0 Å². The van der Waals surface area contributed by atoms with E-state index in [1.165, 1.54) is 7.11 Å². The third kappa shape index (κ3) is 3.13. The third-order valence-corrected chi connectivity index (χ3v) is 2.01. The molecule has 1 aromatic rings. The van der Waals surface area contributed by atoms with Gasteiger partial charge in [0.2, 0.25) is 0 Å². The fourth-order valence-electron chi connectivity index (χ4n) is 1.16. The second-order valence-electron chi connectivity index (χ2n) is 3.14. The number of ether oxygens (including phenoxy) is 2. The van der Waals surface area contributed by atoms with Crippen LogP contribution in [-0.2, 0) is 9.47 Å². The average molecular weight is 206 g/mol. The number of aryl methyl sites for hydroxylation is 1. The van der Waals surface area contributed by atoms with E-state index in [4.69, 9.17) is 4.74 Å². The number of carbonyl (C=O) groups excluding carboxylic acids is 1. The van der Waals surface area contributed by atoms with E-state index in [0.717, 1.165) is 11.1 Å². The summed E-state index contributed by atoms with van der Waals surface area (Å²) in [7, 11) is 1.28. The summed E-state index contributed by atoms with van der Waals surface area (Å²) in [5, 5.41) is 0. The highest BCUT2D eigenvalue weighted by Gasteiger charge is 2.12. The molecule has 0 amide bonds. The first-order chi connectivity index (χ1) is 7.17. The molecule has 0 N–H and O–H groups in total. The molecule has 0 aliphatic rings. The van der Waals surface area contributed by atoms with Gasteiger partial charge in [0.1, 0.15) is 6.10 Å². The summed E-state index contributed by atoms with van der Waals surface area (Å²) in [4.78, 5) is 10.9. The van der Waals surface area contributed by atoms with Crippen molar-refractivity contribution in [2.75, 3.05) is 7.11 Å². The molecule has 0 unspecified atom stereocenters. The second-order valence-corrected chi connectivity index (χ2v) is 3.14. The van der Waals surface area contributed by atoms with E-state index in [-0.39, 0.29) is 0 Å². The first-order valence-electron chi connectivity index (χ1n) is 4.61. The minimum Gasteiger partial charge on any atom is -0.438 e. The zero-order chi connectivity index (χ0) is 11.3. The van der Waals surface area contributed by atoms with Gasteiger partial charge in [0.05, 0.1) is 7.11 Å². The molecule has 80 valence electrons. The molecule has 0 aliphatic heterocycles. The summed E-state index contributed by atoms with van der Waals surface area (Å²) >= 11 is 0. The maximum Gasteiger partial charge on any atom is 0.508 e. The Hall–Kier alpha value is -1.77. The Morgan fingerprint density at radius 3 is 2.47 bits per heavy atom. The Balaban J connectivity index is 2.78. The van der Waals surface area contributed by atoms with Crippen molar-refractivity contribution < 1.29 is 14.3 Å². The minimum absolute atomic E-state index is 0.460. The molecule has 1 atom stereocenters. The SMILES string of the molecule is C=C[C@@H](OC(=O)OC)c1ccc(C)cc1. The Kier molecular flexibility index (Phi) is 3.92. The zero-order valence-corrected chi connectivity index (χ0v) is 8.90. The van der Waals surface area contributed by atoms with E-state index in [0.29, 0.717) is 0 Å². The van der Waals surface area contributed by atoms with Crippen LogP contribution in [0.25, 0.3) is 0 Å². The molecule has 0 aromatic heterocycles. The van der Waals surface area contributed by atoms with Gasteiger partial charge in [0.15, 0.2) is 0 Å². The predicted octanol–water partition coefficient (Wildman–Crippen LogP) is 3.01. The van der Waals surface area contributed by atoms with E-state index in [1.54, 1.807) is 6.08 Å². The fraction of sp³-hybridized carbons (Fsp3) is 0.250. The number of hydrogen-bond donors (Lipinski definition) is 0. The molecule has 1 rings (SSSR count). The van der Waals surface area contributed by atoms with Crippen molar-refractivity contribution >= 4 is 6.16 Å². The van der Waals surface area contributed by atoms with Crippen LogP contribution in [0.4, 0.5) is 4.79 Å². The molecule has 0 radical (unpaired) electrons. The Bertz CT molecular complexity index is 340. The van der Waals surface area contributed by atoms with Crippen LogP contribution in [0, 0.1) is 6.92 Å². The molecule has 0 fully saturated rings. The molecule has 0 saturated heterocycles.